The number of phenols is 1. The van der Waals surface area contributed by atoms with Crippen LogP contribution in [0.2, 0.25) is 0 Å². The Morgan fingerprint density at radius 2 is 2.11 bits per heavy atom. The van der Waals surface area contributed by atoms with Gasteiger partial charge in [-0.25, -0.2) is 4.39 Å². The Hall–Kier alpha value is -1.62. The van der Waals surface area contributed by atoms with Gasteiger partial charge in [-0.1, -0.05) is 6.07 Å². The molecule has 4 nitrogen and oxygen atoms in total. The van der Waals surface area contributed by atoms with Crippen LogP contribution < -0.4 is 5.32 Å². The summed E-state index contributed by atoms with van der Waals surface area (Å²) in [5, 5.41) is 12.5. The third-order valence-corrected chi connectivity index (χ3v) is 4.19. The lowest BCUT2D eigenvalue weighted by Crippen LogP contribution is -2.57. The molecule has 0 aliphatic carbocycles. The second-order valence-electron chi connectivity index (χ2n) is 5.35. The highest BCUT2D eigenvalue weighted by Gasteiger charge is 2.35. The predicted molar refractivity (Wildman–Crippen MR) is 68.5 cm³/mol. The monoisotopic (exact) mass is 264 g/mol. The molecule has 1 unspecified atom stereocenters. The van der Waals surface area contributed by atoms with Crippen molar-refractivity contribution in [1.29, 1.82) is 0 Å². The molecule has 0 saturated carbocycles. The number of nitrogens with zero attached hydrogens (tertiary/aromatic N) is 1. The van der Waals surface area contributed by atoms with Crippen LogP contribution in [-0.4, -0.2) is 41.6 Å². The first kappa shape index (κ1) is 12.4. The van der Waals surface area contributed by atoms with E-state index in [2.05, 4.69) is 10.2 Å². The van der Waals surface area contributed by atoms with Gasteiger partial charge in [0.25, 0.3) is 5.91 Å². The molecule has 1 aromatic rings. The first-order chi connectivity index (χ1) is 9.15. The highest BCUT2D eigenvalue weighted by Crippen LogP contribution is 2.28. The smallest absolute Gasteiger partial charge is 0.258 e. The molecule has 1 amide bonds. The van der Waals surface area contributed by atoms with Gasteiger partial charge in [0.05, 0.1) is 0 Å². The molecule has 2 bridgehead atoms. The Bertz CT molecular complexity index is 478. The van der Waals surface area contributed by atoms with Crippen molar-refractivity contribution in [3.05, 3.63) is 29.6 Å². The van der Waals surface area contributed by atoms with Gasteiger partial charge in [-0.15, -0.1) is 0 Å². The molecule has 5 heteroatoms. The second-order valence-corrected chi connectivity index (χ2v) is 5.35. The number of nitrogens with one attached hydrogen (secondary N) is 1. The molecule has 3 aliphatic heterocycles. The topological polar surface area (TPSA) is 52.6 Å². The third kappa shape index (κ3) is 2.30. The SMILES string of the molecule is O=C(NC1CN2CCC1CC2)c1c(O)cccc1F. The molecule has 3 heterocycles. The van der Waals surface area contributed by atoms with Crippen LogP contribution in [0.5, 0.6) is 5.75 Å². The molecule has 0 spiro atoms. The number of halogens is 1. The number of fused-ring (bicyclic) bond motifs is 3. The fourth-order valence-corrected chi connectivity index (χ4v) is 3.11. The molecule has 4 rings (SSSR count). The fraction of sp³-hybridized carbons (Fsp3) is 0.500. The van der Waals surface area contributed by atoms with Crippen molar-refractivity contribution >= 4 is 5.91 Å². The molecule has 2 N–H and O–H groups in total. The summed E-state index contributed by atoms with van der Waals surface area (Å²) in [6, 6.07) is 3.96. The van der Waals surface area contributed by atoms with E-state index in [-0.39, 0.29) is 17.4 Å². The number of hydrogen-bond donors (Lipinski definition) is 2. The predicted octanol–water partition coefficient (Wildman–Crippen LogP) is 1.36. The van der Waals surface area contributed by atoms with Crippen molar-refractivity contribution in [3.8, 4) is 5.75 Å². The lowest BCUT2D eigenvalue weighted by molar-refractivity contribution is 0.0617. The minimum absolute atomic E-state index is 0.0639. The van der Waals surface area contributed by atoms with Gasteiger partial charge in [0, 0.05) is 12.6 Å². The number of carbonyl (C=O) groups excluding carboxylic acids is 1. The Morgan fingerprint density at radius 3 is 2.68 bits per heavy atom. The summed E-state index contributed by atoms with van der Waals surface area (Å²) in [6.45, 7) is 3.00. The molecule has 19 heavy (non-hydrogen) atoms. The minimum Gasteiger partial charge on any atom is -0.507 e. The summed E-state index contributed by atoms with van der Waals surface area (Å²) in [6.07, 6.45) is 2.16. The first-order valence-corrected chi connectivity index (χ1v) is 6.66. The molecule has 3 fully saturated rings. The zero-order chi connectivity index (χ0) is 13.4. The number of piperidine rings is 3. The van der Waals surface area contributed by atoms with Crippen LogP contribution in [0.25, 0.3) is 0 Å². The summed E-state index contributed by atoms with van der Waals surface area (Å²) in [4.78, 5) is 14.4. The Morgan fingerprint density at radius 1 is 1.37 bits per heavy atom. The summed E-state index contributed by atoms with van der Waals surface area (Å²) >= 11 is 0. The van der Waals surface area contributed by atoms with Gasteiger partial charge < -0.3 is 15.3 Å². The average molecular weight is 264 g/mol. The van der Waals surface area contributed by atoms with E-state index < -0.39 is 11.7 Å². The van der Waals surface area contributed by atoms with Gasteiger partial charge in [0.2, 0.25) is 0 Å². The molecule has 3 saturated heterocycles. The van der Waals surface area contributed by atoms with Gasteiger partial charge in [0.1, 0.15) is 17.1 Å². The number of phenolic OH excluding ortho intramolecular Hbond substituents is 1. The van der Waals surface area contributed by atoms with E-state index >= 15 is 0 Å². The lowest BCUT2D eigenvalue weighted by atomic mass is 9.84. The van der Waals surface area contributed by atoms with Crippen LogP contribution in [0.15, 0.2) is 18.2 Å². The van der Waals surface area contributed by atoms with Crippen LogP contribution in [0.3, 0.4) is 0 Å². The van der Waals surface area contributed by atoms with Crippen molar-refractivity contribution in [2.24, 2.45) is 5.92 Å². The summed E-state index contributed by atoms with van der Waals surface area (Å²) in [7, 11) is 0. The van der Waals surface area contributed by atoms with Crippen LogP contribution in [-0.2, 0) is 0 Å². The highest BCUT2D eigenvalue weighted by atomic mass is 19.1. The second kappa shape index (κ2) is 4.81. The van der Waals surface area contributed by atoms with Crippen molar-refractivity contribution in [3.63, 3.8) is 0 Å². The third-order valence-electron chi connectivity index (χ3n) is 4.19. The number of carbonyl (C=O) groups is 1. The summed E-state index contributed by atoms with van der Waals surface area (Å²) < 4.78 is 13.6. The molecular weight excluding hydrogens is 247 g/mol. The van der Waals surface area contributed by atoms with Crippen LogP contribution in [0.4, 0.5) is 4.39 Å². The maximum Gasteiger partial charge on any atom is 0.258 e. The van der Waals surface area contributed by atoms with Gasteiger partial charge in [-0.05, 0) is 44.0 Å². The van der Waals surface area contributed by atoms with E-state index in [1.807, 2.05) is 0 Å². The molecule has 1 atom stereocenters. The Balaban J connectivity index is 1.75. The number of aromatic hydroxyl groups is 1. The van der Waals surface area contributed by atoms with E-state index in [4.69, 9.17) is 0 Å². The Labute approximate surface area is 111 Å². The number of amides is 1. The van der Waals surface area contributed by atoms with Crippen LogP contribution >= 0.6 is 0 Å². The average Bonchev–Trinajstić information content (AvgIpc) is 2.40. The fourth-order valence-electron chi connectivity index (χ4n) is 3.11. The van der Waals surface area contributed by atoms with E-state index in [0.717, 1.165) is 32.5 Å². The van der Waals surface area contributed by atoms with Gasteiger partial charge in [-0.3, -0.25) is 4.79 Å². The molecule has 102 valence electrons. The van der Waals surface area contributed by atoms with E-state index in [1.54, 1.807) is 0 Å². The lowest BCUT2D eigenvalue weighted by Gasteiger charge is -2.44. The normalized spacial score (nSPS) is 29.2. The van der Waals surface area contributed by atoms with Gasteiger partial charge >= 0.3 is 0 Å². The Kier molecular flexibility index (Phi) is 3.14. The molecule has 1 aromatic carbocycles. The van der Waals surface area contributed by atoms with E-state index in [0.29, 0.717) is 5.92 Å². The van der Waals surface area contributed by atoms with Crippen LogP contribution in [0.1, 0.15) is 23.2 Å². The van der Waals surface area contributed by atoms with Crippen molar-refractivity contribution in [2.75, 3.05) is 19.6 Å². The van der Waals surface area contributed by atoms with Crippen molar-refractivity contribution in [2.45, 2.75) is 18.9 Å². The standard InChI is InChI=1S/C14H17FN2O2/c15-10-2-1-3-12(18)13(10)14(19)16-11-8-17-6-4-9(11)5-7-17/h1-3,9,11,18H,4-8H2,(H,16,19). The number of hydrogen-bond acceptors (Lipinski definition) is 3. The summed E-state index contributed by atoms with van der Waals surface area (Å²) in [5.74, 6) is -1.03. The zero-order valence-electron chi connectivity index (χ0n) is 10.6. The molecule has 0 radical (unpaired) electrons. The van der Waals surface area contributed by atoms with Crippen molar-refractivity contribution in [1.82, 2.24) is 10.2 Å². The summed E-state index contributed by atoms with van der Waals surface area (Å²) in [5.41, 5.74) is -0.251. The number of rotatable bonds is 2. The highest BCUT2D eigenvalue weighted by molar-refractivity contribution is 5.97. The maximum atomic E-state index is 13.6. The van der Waals surface area contributed by atoms with Gasteiger partial charge in [-0.2, -0.15) is 0 Å². The minimum atomic E-state index is -0.682. The van der Waals surface area contributed by atoms with E-state index in [9.17, 15) is 14.3 Å². The zero-order valence-corrected chi connectivity index (χ0v) is 10.6. The molecule has 0 aromatic heterocycles. The van der Waals surface area contributed by atoms with Crippen LogP contribution in [0, 0.1) is 11.7 Å². The van der Waals surface area contributed by atoms with E-state index in [1.165, 1.54) is 18.2 Å². The molecule has 3 aliphatic rings. The first-order valence-electron chi connectivity index (χ1n) is 6.66. The largest absolute Gasteiger partial charge is 0.507 e. The van der Waals surface area contributed by atoms with Crippen molar-refractivity contribution < 1.29 is 14.3 Å². The quantitative estimate of drug-likeness (QED) is 0.848. The number of benzene rings is 1. The maximum absolute atomic E-state index is 13.6. The molecular formula is C14H17FN2O2. The van der Waals surface area contributed by atoms with Gasteiger partial charge in [0.15, 0.2) is 0 Å².